The van der Waals surface area contributed by atoms with Crippen molar-refractivity contribution in [2.24, 2.45) is 5.41 Å². The largest absolute Gasteiger partial charge is 0.480 e. The summed E-state index contributed by atoms with van der Waals surface area (Å²) in [6.07, 6.45) is 0.612. The number of halogens is 1. The van der Waals surface area contributed by atoms with Crippen LogP contribution < -0.4 is 5.32 Å². The van der Waals surface area contributed by atoms with E-state index in [9.17, 15) is 14.0 Å². The molecule has 120 valence electrons. The summed E-state index contributed by atoms with van der Waals surface area (Å²) < 4.78 is 15.8. The second kappa shape index (κ2) is 5.19. The third kappa shape index (κ3) is 2.58. The van der Waals surface area contributed by atoms with E-state index in [1.165, 1.54) is 22.9 Å². The number of nitrogens with one attached hydrogen (secondary N) is 1. The molecule has 1 fully saturated rings. The van der Waals surface area contributed by atoms with Crippen LogP contribution in [0.1, 0.15) is 24.2 Å². The highest BCUT2D eigenvalue weighted by molar-refractivity contribution is 6.10. The Kier molecular flexibility index (Phi) is 3.43. The fourth-order valence-corrected chi connectivity index (χ4v) is 2.54. The molecule has 6 nitrogen and oxygen atoms in total. The van der Waals surface area contributed by atoms with Crippen molar-refractivity contribution >= 4 is 17.6 Å². The average Bonchev–Trinajstić information content (AvgIpc) is 3.21. The highest BCUT2D eigenvalue weighted by Gasteiger charge is 2.57. The highest BCUT2D eigenvalue weighted by Crippen LogP contribution is 2.46. The van der Waals surface area contributed by atoms with Gasteiger partial charge in [-0.25, -0.2) is 9.07 Å². The van der Waals surface area contributed by atoms with E-state index in [4.69, 9.17) is 5.11 Å². The van der Waals surface area contributed by atoms with Crippen molar-refractivity contribution in [1.29, 1.82) is 0 Å². The lowest BCUT2D eigenvalue weighted by atomic mass is 10.1. The Labute approximate surface area is 131 Å². The van der Waals surface area contributed by atoms with Gasteiger partial charge >= 0.3 is 5.97 Å². The van der Waals surface area contributed by atoms with Crippen LogP contribution in [0.15, 0.2) is 24.3 Å². The number of carboxylic acid groups (broad SMARTS) is 1. The summed E-state index contributed by atoms with van der Waals surface area (Å²) in [6, 6.07) is 6.04. The van der Waals surface area contributed by atoms with Crippen LogP contribution in [-0.2, 0) is 9.59 Å². The number of rotatable bonds is 4. The van der Waals surface area contributed by atoms with E-state index < -0.39 is 23.1 Å². The second-order valence-corrected chi connectivity index (χ2v) is 5.85. The second-order valence-electron chi connectivity index (χ2n) is 5.85. The van der Waals surface area contributed by atoms with Gasteiger partial charge in [0.2, 0.25) is 5.91 Å². The van der Waals surface area contributed by atoms with Gasteiger partial charge in [0.05, 0.1) is 5.69 Å². The van der Waals surface area contributed by atoms with Gasteiger partial charge in [0.25, 0.3) is 0 Å². The van der Waals surface area contributed by atoms with E-state index in [2.05, 4.69) is 10.4 Å². The van der Waals surface area contributed by atoms with Crippen molar-refractivity contribution < 1.29 is 19.1 Å². The number of aromatic nitrogens is 2. The molecule has 0 bridgehead atoms. The fraction of sp³-hybridized carbons (Fsp3) is 0.312. The maximum Gasteiger partial charge on any atom is 0.319 e. The summed E-state index contributed by atoms with van der Waals surface area (Å²) in [7, 11) is 0. The van der Waals surface area contributed by atoms with E-state index in [1.54, 1.807) is 0 Å². The van der Waals surface area contributed by atoms with E-state index in [1.807, 2.05) is 19.9 Å². The molecule has 0 saturated heterocycles. The Morgan fingerprint density at radius 2 is 2.00 bits per heavy atom. The number of aliphatic carboxylic acids is 1. The van der Waals surface area contributed by atoms with Gasteiger partial charge in [0.15, 0.2) is 5.82 Å². The minimum absolute atomic E-state index is 0.227. The quantitative estimate of drug-likeness (QED) is 0.848. The van der Waals surface area contributed by atoms with E-state index in [-0.39, 0.29) is 11.4 Å². The summed E-state index contributed by atoms with van der Waals surface area (Å²) in [5.41, 5.74) is 0.709. The Morgan fingerprint density at radius 1 is 1.30 bits per heavy atom. The minimum Gasteiger partial charge on any atom is -0.480 e. The summed E-state index contributed by atoms with van der Waals surface area (Å²) in [5.74, 6) is -2.30. The van der Waals surface area contributed by atoms with Crippen LogP contribution in [0.4, 0.5) is 10.1 Å². The first-order valence-electron chi connectivity index (χ1n) is 7.21. The molecule has 1 amide bonds. The van der Waals surface area contributed by atoms with Crippen molar-refractivity contribution in [3.05, 3.63) is 41.5 Å². The van der Waals surface area contributed by atoms with Crippen LogP contribution in [0, 0.1) is 25.1 Å². The first kappa shape index (κ1) is 15.2. The van der Waals surface area contributed by atoms with Gasteiger partial charge in [-0.15, -0.1) is 0 Å². The number of aryl methyl sites for hydroxylation is 2. The van der Waals surface area contributed by atoms with Gasteiger partial charge in [-0.05, 0) is 51.0 Å². The number of anilines is 1. The maximum absolute atomic E-state index is 14.3. The van der Waals surface area contributed by atoms with Crippen molar-refractivity contribution in [3.8, 4) is 5.69 Å². The molecule has 0 unspecified atom stereocenters. The Morgan fingerprint density at radius 3 is 2.48 bits per heavy atom. The lowest BCUT2D eigenvalue weighted by molar-refractivity contribution is -0.147. The summed E-state index contributed by atoms with van der Waals surface area (Å²) in [4.78, 5) is 23.1. The van der Waals surface area contributed by atoms with Gasteiger partial charge in [0, 0.05) is 11.4 Å². The molecule has 2 N–H and O–H groups in total. The summed E-state index contributed by atoms with van der Waals surface area (Å²) in [6.45, 7) is 3.63. The first-order valence-corrected chi connectivity index (χ1v) is 7.21. The zero-order valence-electron chi connectivity index (χ0n) is 12.8. The molecule has 1 aromatic carbocycles. The Bertz CT molecular complexity index is 809. The van der Waals surface area contributed by atoms with Gasteiger partial charge in [-0.1, -0.05) is 0 Å². The van der Waals surface area contributed by atoms with Crippen LogP contribution >= 0.6 is 0 Å². The predicted molar refractivity (Wildman–Crippen MR) is 80.9 cm³/mol. The molecule has 7 heteroatoms. The van der Waals surface area contributed by atoms with Crippen molar-refractivity contribution in [3.63, 3.8) is 0 Å². The molecule has 23 heavy (non-hydrogen) atoms. The molecule has 1 aliphatic carbocycles. The molecule has 2 aromatic rings. The van der Waals surface area contributed by atoms with Crippen LogP contribution in [0.5, 0.6) is 0 Å². The first-order chi connectivity index (χ1) is 10.8. The summed E-state index contributed by atoms with van der Waals surface area (Å²) >= 11 is 0. The number of hydrogen-bond donors (Lipinski definition) is 2. The van der Waals surface area contributed by atoms with Crippen molar-refractivity contribution in [2.75, 3.05) is 5.32 Å². The zero-order chi connectivity index (χ0) is 16.8. The standard InChI is InChI=1S/C16H16FN3O3/c1-9-7-10(2)20(19-9)13-4-3-11(8-12(13)17)18-14(21)16(5-6-16)15(22)23/h3-4,7-8H,5-6H2,1-2H3,(H,18,21)(H,22,23). The van der Waals surface area contributed by atoms with Gasteiger partial charge in [-0.2, -0.15) is 5.10 Å². The third-order valence-electron chi connectivity index (χ3n) is 4.04. The number of carboxylic acids is 1. The Balaban J connectivity index is 1.84. The van der Waals surface area contributed by atoms with Crippen LogP contribution in [0.3, 0.4) is 0 Å². The van der Waals surface area contributed by atoms with Crippen LogP contribution in [0.2, 0.25) is 0 Å². The van der Waals surface area contributed by atoms with Gasteiger partial charge in [-0.3, -0.25) is 9.59 Å². The average molecular weight is 317 g/mol. The molecular formula is C16H16FN3O3. The fourth-order valence-electron chi connectivity index (χ4n) is 2.54. The van der Waals surface area contributed by atoms with Gasteiger partial charge in [0.1, 0.15) is 11.1 Å². The third-order valence-corrected chi connectivity index (χ3v) is 4.04. The maximum atomic E-state index is 14.3. The molecule has 3 rings (SSSR count). The summed E-state index contributed by atoms with van der Waals surface area (Å²) in [5, 5.41) is 15.8. The number of carbonyl (C=O) groups excluding carboxylic acids is 1. The highest BCUT2D eigenvalue weighted by atomic mass is 19.1. The normalized spacial score (nSPS) is 15.3. The monoisotopic (exact) mass is 317 g/mol. The lowest BCUT2D eigenvalue weighted by Crippen LogP contribution is -2.31. The smallest absolute Gasteiger partial charge is 0.319 e. The van der Waals surface area contributed by atoms with Crippen molar-refractivity contribution in [1.82, 2.24) is 9.78 Å². The van der Waals surface area contributed by atoms with Crippen LogP contribution in [0.25, 0.3) is 5.69 Å². The Hall–Kier alpha value is -2.70. The van der Waals surface area contributed by atoms with Crippen molar-refractivity contribution in [2.45, 2.75) is 26.7 Å². The predicted octanol–water partition coefficient (Wildman–Crippen LogP) is 2.43. The zero-order valence-corrected chi connectivity index (χ0v) is 12.8. The van der Waals surface area contributed by atoms with E-state index in [0.29, 0.717) is 12.8 Å². The molecule has 1 heterocycles. The van der Waals surface area contributed by atoms with E-state index in [0.717, 1.165) is 11.4 Å². The molecule has 0 spiro atoms. The SMILES string of the molecule is Cc1cc(C)n(-c2ccc(NC(=O)C3(C(=O)O)CC3)cc2F)n1. The van der Waals surface area contributed by atoms with Gasteiger partial charge < -0.3 is 10.4 Å². The molecule has 0 atom stereocenters. The number of benzene rings is 1. The van der Waals surface area contributed by atoms with Crippen LogP contribution in [-0.4, -0.2) is 26.8 Å². The molecule has 0 aliphatic heterocycles. The molecule has 1 aliphatic rings. The van der Waals surface area contributed by atoms with E-state index >= 15 is 0 Å². The molecular weight excluding hydrogens is 301 g/mol. The number of amides is 1. The number of hydrogen-bond acceptors (Lipinski definition) is 3. The number of carbonyl (C=O) groups is 2. The lowest BCUT2D eigenvalue weighted by Gasteiger charge is -2.12. The number of nitrogens with zero attached hydrogens (tertiary/aromatic N) is 2. The molecule has 1 saturated carbocycles. The molecule has 1 aromatic heterocycles. The molecule has 0 radical (unpaired) electrons. The topological polar surface area (TPSA) is 84.2 Å². The minimum atomic E-state index is -1.36.